The molecule has 2 rings (SSSR count). The lowest BCUT2D eigenvalue weighted by Gasteiger charge is -2.09. The maximum absolute atomic E-state index is 13.4. The van der Waals surface area contributed by atoms with Crippen LogP contribution in [0.25, 0.3) is 0 Å². The van der Waals surface area contributed by atoms with E-state index >= 15 is 0 Å². The number of pyridine rings is 1. The minimum absolute atomic E-state index is 0.285. The molecule has 2 N–H and O–H groups in total. The zero-order valence-corrected chi connectivity index (χ0v) is 10.4. The molecule has 2 aromatic rings. The Morgan fingerprint density at radius 1 is 1.10 bits per heavy atom. The van der Waals surface area contributed by atoms with Crippen LogP contribution in [0.4, 0.5) is 29.5 Å². The standard InChI is InChI=1S/C13H10F3N3O/c1-7-3-2-6-17-12(7)19-13(20)18-9-5-4-8(14)10(15)11(9)16/h2-6H,1H3,(H2,17,18,19,20). The van der Waals surface area contributed by atoms with Crippen LogP contribution >= 0.6 is 0 Å². The molecule has 20 heavy (non-hydrogen) atoms. The average molecular weight is 281 g/mol. The van der Waals surface area contributed by atoms with Crippen LogP contribution < -0.4 is 10.6 Å². The monoisotopic (exact) mass is 281 g/mol. The van der Waals surface area contributed by atoms with Crippen molar-refractivity contribution in [1.29, 1.82) is 0 Å². The molecule has 1 aromatic heterocycles. The minimum Gasteiger partial charge on any atom is -0.305 e. The van der Waals surface area contributed by atoms with Gasteiger partial charge in [-0.3, -0.25) is 5.32 Å². The zero-order chi connectivity index (χ0) is 14.7. The predicted molar refractivity (Wildman–Crippen MR) is 67.9 cm³/mol. The first-order chi connectivity index (χ1) is 9.49. The highest BCUT2D eigenvalue weighted by atomic mass is 19.2. The smallest absolute Gasteiger partial charge is 0.305 e. The van der Waals surface area contributed by atoms with E-state index < -0.39 is 29.2 Å². The number of urea groups is 1. The second-order valence-electron chi connectivity index (χ2n) is 3.97. The van der Waals surface area contributed by atoms with E-state index in [2.05, 4.69) is 15.6 Å². The van der Waals surface area contributed by atoms with Crippen LogP contribution in [0.15, 0.2) is 30.5 Å². The molecule has 0 fully saturated rings. The number of nitrogens with zero attached hydrogens (tertiary/aromatic N) is 1. The summed E-state index contributed by atoms with van der Waals surface area (Å²) in [6.07, 6.45) is 1.47. The van der Waals surface area contributed by atoms with Gasteiger partial charge in [-0.05, 0) is 30.7 Å². The van der Waals surface area contributed by atoms with Crippen LogP contribution in [0.3, 0.4) is 0 Å². The van der Waals surface area contributed by atoms with Crippen molar-refractivity contribution in [3.05, 3.63) is 53.5 Å². The number of nitrogens with one attached hydrogen (secondary N) is 2. The summed E-state index contributed by atoms with van der Waals surface area (Å²) in [5.74, 6) is -4.14. The number of hydrogen-bond donors (Lipinski definition) is 2. The lowest BCUT2D eigenvalue weighted by atomic mass is 10.3. The fourth-order valence-corrected chi connectivity index (χ4v) is 1.50. The van der Waals surface area contributed by atoms with Gasteiger partial charge in [-0.25, -0.2) is 22.9 Å². The summed E-state index contributed by atoms with van der Waals surface area (Å²) in [4.78, 5) is 15.6. The number of benzene rings is 1. The Bertz CT molecular complexity index is 661. The Morgan fingerprint density at radius 3 is 2.55 bits per heavy atom. The van der Waals surface area contributed by atoms with Gasteiger partial charge in [0.1, 0.15) is 5.82 Å². The molecule has 0 aliphatic rings. The average Bonchev–Trinajstić information content (AvgIpc) is 2.42. The van der Waals surface area contributed by atoms with Gasteiger partial charge in [0.15, 0.2) is 17.5 Å². The van der Waals surface area contributed by atoms with Crippen molar-refractivity contribution >= 4 is 17.5 Å². The van der Waals surface area contributed by atoms with Crippen LogP contribution in [0.2, 0.25) is 0 Å². The first kappa shape index (κ1) is 13.9. The first-order valence-corrected chi connectivity index (χ1v) is 5.62. The van der Waals surface area contributed by atoms with Crippen molar-refractivity contribution in [2.45, 2.75) is 6.92 Å². The number of rotatable bonds is 2. The number of amides is 2. The number of hydrogen-bond acceptors (Lipinski definition) is 2. The second kappa shape index (κ2) is 5.60. The summed E-state index contributed by atoms with van der Waals surface area (Å²) >= 11 is 0. The van der Waals surface area contributed by atoms with E-state index in [4.69, 9.17) is 0 Å². The molecule has 0 spiro atoms. The summed E-state index contributed by atoms with van der Waals surface area (Å²) < 4.78 is 39.1. The highest BCUT2D eigenvalue weighted by Crippen LogP contribution is 2.20. The lowest BCUT2D eigenvalue weighted by Crippen LogP contribution is -2.21. The molecule has 1 heterocycles. The van der Waals surface area contributed by atoms with Gasteiger partial charge in [-0.2, -0.15) is 0 Å². The Kier molecular flexibility index (Phi) is 3.88. The zero-order valence-electron chi connectivity index (χ0n) is 10.4. The largest absolute Gasteiger partial charge is 0.324 e. The Hall–Kier alpha value is -2.57. The van der Waals surface area contributed by atoms with Crippen LogP contribution in [0.1, 0.15) is 5.56 Å². The van der Waals surface area contributed by atoms with Gasteiger partial charge in [0.2, 0.25) is 0 Å². The SMILES string of the molecule is Cc1cccnc1NC(=O)Nc1ccc(F)c(F)c1F. The third kappa shape index (κ3) is 2.87. The first-order valence-electron chi connectivity index (χ1n) is 5.62. The van der Waals surface area contributed by atoms with Crippen LogP contribution in [-0.2, 0) is 0 Å². The third-order valence-electron chi connectivity index (χ3n) is 2.52. The fraction of sp³-hybridized carbons (Fsp3) is 0.0769. The van der Waals surface area contributed by atoms with Gasteiger partial charge in [0, 0.05) is 6.20 Å². The van der Waals surface area contributed by atoms with E-state index in [-0.39, 0.29) is 5.82 Å². The molecule has 0 bridgehead atoms. The molecule has 0 aliphatic heterocycles. The Balaban J connectivity index is 2.13. The van der Waals surface area contributed by atoms with Crippen molar-refractivity contribution in [3.8, 4) is 0 Å². The summed E-state index contributed by atoms with van der Waals surface area (Å²) in [7, 11) is 0. The van der Waals surface area contributed by atoms with E-state index in [1.54, 1.807) is 19.1 Å². The quantitative estimate of drug-likeness (QED) is 0.828. The highest BCUT2D eigenvalue weighted by Gasteiger charge is 2.15. The maximum atomic E-state index is 13.4. The lowest BCUT2D eigenvalue weighted by molar-refractivity contribution is 0.262. The molecule has 0 saturated heterocycles. The number of aryl methyl sites for hydroxylation is 1. The summed E-state index contributed by atoms with van der Waals surface area (Å²) in [5, 5.41) is 4.46. The predicted octanol–water partition coefficient (Wildman–Crippen LogP) is 3.45. The van der Waals surface area contributed by atoms with Gasteiger partial charge in [-0.1, -0.05) is 6.07 Å². The van der Waals surface area contributed by atoms with Crippen molar-refractivity contribution in [1.82, 2.24) is 4.98 Å². The molecule has 0 unspecified atom stereocenters. The van der Waals surface area contributed by atoms with Gasteiger partial charge in [0.25, 0.3) is 0 Å². The van der Waals surface area contributed by atoms with Gasteiger partial charge in [0.05, 0.1) is 5.69 Å². The molecule has 1 aromatic carbocycles. The molecule has 0 saturated carbocycles. The molecule has 0 atom stereocenters. The van der Waals surface area contributed by atoms with Crippen LogP contribution in [0, 0.1) is 24.4 Å². The molecule has 2 amide bonds. The molecule has 4 nitrogen and oxygen atoms in total. The van der Waals surface area contributed by atoms with Crippen molar-refractivity contribution < 1.29 is 18.0 Å². The molecular formula is C13H10F3N3O. The van der Waals surface area contributed by atoms with Crippen molar-refractivity contribution in [3.63, 3.8) is 0 Å². The Labute approximate surface area is 112 Å². The van der Waals surface area contributed by atoms with Gasteiger partial charge in [-0.15, -0.1) is 0 Å². The number of anilines is 2. The maximum Gasteiger partial charge on any atom is 0.324 e. The molecular weight excluding hydrogens is 271 g/mol. The third-order valence-corrected chi connectivity index (χ3v) is 2.52. The normalized spacial score (nSPS) is 10.2. The molecule has 7 heteroatoms. The minimum atomic E-state index is -1.64. The van der Waals surface area contributed by atoms with E-state index in [1.165, 1.54) is 6.20 Å². The van der Waals surface area contributed by atoms with Gasteiger partial charge < -0.3 is 5.32 Å². The van der Waals surface area contributed by atoms with E-state index in [0.717, 1.165) is 12.1 Å². The molecule has 104 valence electrons. The van der Waals surface area contributed by atoms with E-state index in [1.807, 2.05) is 0 Å². The van der Waals surface area contributed by atoms with E-state index in [0.29, 0.717) is 5.56 Å². The van der Waals surface area contributed by atoms with Crippen LogP contribution in [-0.4, -0.2) is 11.0 Å². The summed E-state index contributed by atoms with van der Waals surface area (Å²) in [5.41, 5.74) is 0.239. The second-order valence-corrected chi connectivity index (χ2v) is 3.97. The summed E-state index contributed by atoms with van der Waals surface area (Å²) in [6, 6.07) is 4.25. The topological polar surface area (TPSA) is 54.0 Å². The van der Waals surface area contributed by atoms with Crippen molar-refractivity contribution in [2.75, 3.05) is 10.6 Å². The highest BCUT2D eigenvalue weighted by molar-refractivity contribution is 5.99. The number of carbonyl (C=O) groups is 1. The molecule has 0 radical (unpaired) electrons. The fourth-order valence-electron chi connectivity index (χ4n) is 1.50. The van der Waals surface area contributed by atoms with E-state index in [9.17, 15) is 18.0 Å². The van der Waals surface area contributed by atoms with Gasteiger partial charge >= 0.3 is 6.03 Å². The number of halogens is 3. The number of aromatic nitrogens is 1. The summed E-state index contributed by atoms with van der Waals surface area (Å²) in [6.45, 7) is 1.72. The Morgan fingerprint density at radius 2 is 1.85 bits per heavy atom. The number of carbonyl (C=O) groups excluding carboxylic acids is 1. The van der Waals surface area contributed by atoms with Crippen molar-refractivity contribution in [2.24, 2.45) is 0 Å². The molecule has 0 aliphatic carbocycles. The van der Waals surface area contributed by atoms with Crippen LogP contribution in [0.5, 0.6) is 0 Å².